The summed E-state index contributed by atoms with van der Waals surface area (Å²) in [6, 6.07) is 6.37. The molecule has 1 aromatic carbocycles. The Morgan fingerprint density at radius 3 is 2.76 bits per heavy atom. The zero-order valence-corrected chi connectivity index (χ0v) is 14.6. The third-order valence-corrected chi connectivity index (χ3v) is 6.26. The predicted octanol–water partition coefficient (Wildman–Crippen LogP) is 3.98. The van der Waals surface area contributed by atoms with Crippen LogP contribution in [-0.4, -0.2) is 28.7 Å². The lowest BCUT2D eigenvalue weighted by Gasteiger charge is -2.15. The highest BCUT2D eigenvalue weighted by Crippen LogP contribution is 2.50. The monoisotopic (exact) mass is 336 g/mol. The summed E-state index contributed by atoms with van der Waals surface area (Å²) < 4.78 is 0.672. The summed E-state index contributed by atoms with van der Waals surface area (Å²) in [4.78, 5) is 18.3. The summed E-state index contributed by atoms with van der Waals surface area (Å²) in [5.74, 6) is 0.0470. The molecule has 2 aliphatic rings. The van der Waals surface area contributed by atoms with E-state index in [1.807, 2.05) is 7.05 Å². The number of hydrogen-bond acceptors (Lipinski definition) is 5. The van der Waals surface area contributed by atoms with Gasteiger partial charge in [0.2, 0.25) is 0 Å². The zero-order valence-electron chi connectivity index (χ0n) is 12.2. The van der Waals surface area contributed by atoms with Gasteiger partial charge in [-0.3, -0.25) is 9.69 Å². The number of carbonyl (C=O) groups excluding carboxylic acids is 1. The molecule has 0 aromatic heterocycles. The molecule has 1 saturated heterocycles. The van der Waals surface area contributed by atoms with E-state index in [-0.39, 0.29) is 5.91 Å². The molecule has 3 rings (SSSR count). The maximum atomic E-state index is 12.6. The summed E-state index contributed by atoms with van der Waals surface area (Å²) in [5.41, 5.74) is 2.38. The molecule has 0 unspecified atom stereocenters. The van der Waals surface area contributed by atoms with Crippen LogP contribution < -0.4 is 4.90 Å². The van der Waals surface area contributed by atoms with Crippen molar-refractivity contribution in [3.8, 4) is 0 Å². The molecule has 0 radical (unpaired) electrons. The SMILES string of the molecule is CCCN1C(=O)/C(=C2/Sc3cc(C)ccc3N2C)SC1=S. The highest BCUT2D eigenvalue weighted by Gasteiger charge is 2.37. The lowest BCUT2D eigenvalue weighted by molar-refractivity contribution is -0.122. The molecule has 1 aromatic rings. The Morgan fingerprint density at radius 2 is 2.05 bits per heavy atom. The minimum absolute atomic E-state index is 0.0470. The van der Waals surface area contributed by atoms with Crippen LogP contribution in [0.3, 0.4) is 0 Å². The predicted molar refractivity (Wildman–Crippen MR) is 94.7 cm³/mol. The fourth-order valence-corrected chi connectivity index (χ4v) is 5.14. The maximum Gasteiger partial charge on any atom is 0.268 e. The van der Waals surface area contributed by atoms with Crippen LogP contribution in [0, 0.1) is 6.92 Å². The van der Waals surface area contributed by atoms with Crippen molar-refractivity contribution >= 4 is 51.7 Å². The quantitative estimate of drug-likeness (QED) is 0.600. The summed E-state index contributed by atoms with van der Waals surface area (Å²) in [5, 5.41) is 0.992. The number of nitrogens with zero attached hydrogens (tertiary/aromatic N) is 2. The Hall–Kier alpha value is -0.980. The van der Waals surface area contributed by atoms with Crippen molar-refractivity contribution in [1.82, 2.24) is 4.90 Å². The van der Waals surface area contributed by atoms with Crippen LogP contribution in [0.1, 0.15) is 18.9 Å². The van der Waals surface area contributed by atoms with Gasteiger partial charge in [-0.1, -0.05) is 48.7 Å². The van der Waals surface area contributed by atoms with Crippen LogP contribution in [0.5, 0.6) is 0 Å². The van der Waals surface area contributed by atoms with Gasteiger partial charge in [-0.25, -0.2) is 0 Å². The van der Waals surface area contributed by atoms with E-state index in [4.69, 9.17) is 12.2 Å². The molecule has 1 fully saturated rings. The number of thioether (sulfide) groups is 2. The first-order chi connectivity index (χ1) is 10.0. The molecule has 2 heterocycles. The molecule has 0 N–H and O–H groups in total. The van der Waals surface area contributed by atoms with Gasteiger partial charge in [-0.15, -0.1) is 0 Å². The van der Waals surface area contributed by atoms with Crippen molar-refractivity contribution in [2.45, 2.75) is 25.2 Å². The molecular formula is C15H16N2OS3. The minimum atomic E-state index is 0.0470. The van der Waals surface area contributed by atoms with Crippen molar-refractivity contribution in [2.24, 2.45) is 0 Å². The lowest BCUT2D eigenvalue weighted by Crippen LogP contribution is -2.29. The molecular weight excluding hydrogens is 320 g/mol. The van der Waals surface area contributed by atoms with Crippen LogP contribution in [0.25, 0.3) is 0 Å². The molecule has 0 saturated carbocycles. The first-order valence-corrected chi connectivity index (χ1v) is 8.87. The summed E-state index contributed by atoms with van der Waals surface area (Å²) in [6.45, 7) is 4.84. The third kappa shape index (κ3) is 2.49. The Balaban J connectivity index is 1.98. The van der Waals surface area contributed by atoms with E-state index in [0.717, 1.165) is 22.0 Å². The number of benzene rings is 1. The van der Waals surface area contributed by atoms with Crippen molar-refractivity contribution in [3.05, 3.63) is 33.7 Å². The normalized spacial score (nSPS) is 21.5. The second-order valence-electron chi connectivity index (χ2n) is 5.09. The van der Waals surface area contributed by atoms with Crippen LogP contribution in [0.15, 0.2) is 33.0 Å². The van der Waals surface area contributed by atoms with E-state index in [2.05, 4.69) is 36.9 Å². The van der Waals surface area contributed by atoms with Crippen LogP contribution in [-0.2, 0) is 4.79 Å². The number of hydrogen-bond donors (Lipinski definition) is 0. The summed E-state index contributed by atoms with van der Waals surface area (Å²) in [7, 11) is 2.01. The van der Waals surface area contributed by atoms with Gasteiger partial charge in [0.05, 0.1) is 10.7 Å². The Bertz CT molecular complexity index is 669. The molecule has 3 nitrogen and oxygen atoms in total. The Labute approximate surface area is 138 Å². The number of amides is 1. The Morgan fingerprint density at radius 1 is 1.29 bits per heavy atom. The van der Waals surface area contributed by atoms with Gasteiger partial charge in [0.1, 0.15) is 9.23 Å². The first kappa shape index (κ1) is 14.9. The van der Waals surface area contributed by atoms with E-state index in [1.54, 1.807) is 16.7 Å². The van der Waals surface area contributed by atoms with Crippen LogP contribution in [0.2, 0.25) is 0 Å². The van der Waals surface area contributed by atoms with Gasteiger partial charge in [-0.05, 0) is 31.0 Å². The molecule has 110 valence electrons. The van der Waals surface area contributed by atoms with E-state index < -0.39 is 0 Å². The van der Waals surface area contributed by atoms with Gasteiger partial charge < -0.3 is 4.90 Å². The Kier molecular flexibility index (Phi) is 4.03. The van der Waals surface area contributed by atoms with Gasteiger partial charge in [0.25, 0.3) is 5.91 Å². The van der Waals surface area contributed by atoms with Gasteiger partial charge in [-0.2, -0.15) is 0 Å². The smallest absolute Gasteiger partial charge is 0.268 e. The number of thiocarbonyl (C=S) groups is 1. The van der Waals surface area contributed by atoms with Gasteiger partial charge in [0, 0.05) is 18.5 Å². The number of carbonyl (C=O) groups is 1. The largest absolute Gasteiger partial charge is 0.337 e. The van der Waals surface area contributed by atoms with Crippen molar-refractivity contribution < 1.29 is 4.79 Å². The van der Waals surface area contributed by atoms with E-state index in [9.17, 15) is 4.79 Å². The van der Waals surface area contributed by atoms with E-state index in [0.29, 0.717) is 10.9 Å². The second kappa shape index (κ2) is 5.66. The van der Waals surface area contributed by atoms with Crippen LogP contribution >= 0.6 is 35.7 Å². The van der Waals surface area contributed by atoms with E-state index in [1.165, 1.54) is 22.2 Å². The van der Waals surface area contributed by atoms with Crippen molar-refractivity contribution in [3.63, 3.8) is 0 Å². The highest BCUT2D eigenvalue weighted by molar-refractivity contribution is 8.27. The summed E-state index contributed by atoms with van der Waals surface area (Å²) >= 11 is 8.43. The highest BCUT2D eigenvalue weighted by atomic mass is 32.2. The van der Waals surface area contributed by atoms with Crippen molar-refractivity contribution in [2.75, 3.05) is 18.5 Å². The van der Waals surface area contributed by atoms with E-state index >= 15 is 0 Å². The number of fused-ring (bicyclic) bond motifs is 1. The number of anilines is 1. The topological polar surface area (TPSA) is 23.6 Å². The molecule has 6 heteroatoms. The lowest BCUT2D eigenvalue weighted by atomic mass is 10.2. The zero-order chi connectivity index (χ0) is 15.1. The van der Waals surface area contributed by atoms with Gasteiger partial charge in [0.15, 0.2) is 0 Å². The molecule has 0 atom stereocenters. The minimum Gasteiger partial charge on any atom is -0.337 e. The molecule has 2 aliphatic heterocycles. The second-order valence-corrected chi connectivity index (χ2v) is 7.77. The fourth-order valence-electron chi connectivity index (χ4n) is 2.40. The van der Waals surface area contributed by atoms with Crippen molar-refractivity contribution in [1.29, 1.82) is 0 Å². The van der Waals surface area contributed by atoms with Gasteiger partial charge >= 0.3 is 0 Å². The standard InChI is InChI=1S/C15H16N2OS3/c1-4-7-17-13(18)12(21-15(17)19)14-16(3)10-6-5-9(2)8-11(10)20-14/h5-6,8H,4,7H2,1-3H3/b14-12-. The fraction of sp³-hybridized carbons (Fsp3) is 0.333. The first-order valence-electron chi connectivity index (χ1n) is 6.83. The third-order valence-electron chi connectivity index (χ3n) is 3.48. The average molecular weight is 337 g/mol. The molecule has 0 aliphatic carbocycles. The molecule has 1 amide bonds. The summed E-state index contributed by atoms with van der Waals surface area (Å²) in [6.07, 6.45) is 0.914. The number of aryl methyl sites for hydroxylation is 1. The molecule has 0 bridgehead atoms. The average Bonchev–Trinajstić information content (AvgIpc) is 2.90. The van der Waals surface area contributed by atoms with Crippen LogP contribution in [0.4, 0.5) is 5.69 Å². The molecule has 21 heavy (non-hydrogen) atoms. The maximum absolute atomic E-state index is 12.6. The number of rotatable bonds is 2. The molecule has 0 spiro atoms.